The topological polar surface area (TPSA) is 24.8 Å². The van der Waals surface area contributed by atoms with Gasteiger partial charge in [-0.3, -0.25) is 4.90 Å². The second kappa shape index (κ2) is 5.41. The van der Waals surface area contributed by atoms with E-state index in [1.807, 2.05) is 0 Å². The zero-order chi connectivity index (χ0) is 12.4. The molecule has 0 unspecified atom stereocenters. The van der Waals surface area contributed by atoms with Crippen molar-refractivity contribution in [3.05, 3.63) is 35.9 Å². The van der Waals surface area contributed by atoms with Gasteiger partial charge >= 0.3 is 0 Å². The molecule has 0 amide bonds. The highest BCUT2D eigenvalue weighted by Crippen LogP contribution is 2.29. The first-order chi connectivity index (χ1) is 8.81. The van der Waals surface area contributed by atoms with Gasteiger partial charge in [0.2, 0.25) is 0 Å². The minimum absolute atomic E-state index is 0.278. The van der Waals surface area contributed by atoms with Crippen LogP contribution in [0.5, 0.6) is 0 Å². The Hall–Kier alpha value is -0.870. The molecule has 0 radical (unpaired) electrons. The fraction of sp³-hybridized carbons (Fsp3) is 0.500. The number of likely N-dealkylation sites (tertiary alicyclic amines) is 1. The average molecular weight is 309 g/mol. The van der Waals surface area contributed by atoms with Gasteiger partial charge in [0.25, 0.3) is 0 Å². The van der Waals surface area contributed by atoms with Gasteiger partial charge in [-0.05, 0) is 34.5 Å². The van der Waals surface area contributed by atoms with Crippen LogP contribution in [0, 0.1) is 5.92 Å². The minimum atomic E-state index is 0.278. The third-order valence-electron chi connectivity index (χ3n) is 3.74. The molecule has 0 aliphatic carbocycles. The molecule has 96 valence electrons. The SMILES string of the molecule is BrC1=NO[C@H]([C@@H]2CCN(Cc3ccccc3)C2)C1. The lowest BCUT2D eigenvalue weighted by Gasteiger charge is -2.18. The van der Waals surface area contributed by atoms with Gasteiger partial charge in [-0.15, -0.1) is 0 Å². The van der Waals surface area contributed by atoms with Crippen molar-refractivity contribution in [2.75, 3.05) is 13.1 Å². The lowest BCUT2D eigenvalue weighted by atomic mass is 10.00. The van der Waals surface area contributed by atoms with Crippen LogP contribution < -0.4 is 0 Å². The molecule has 1 fully saturated rings. The summed E-state index contributed by atoms with van der Waals surface area (Å²) in [6.07, 6.45) is 2.43. The number of hydrogen-bond donors (Lipinski definition) is 0. The Morgan fingerprint density at radius 3 is 2.89 bits per heavy atom. The number of oxime groups is 1. The van der Waals surface area contributed by atoms with E-state index >= 15 is 0 Å². The molecular weight excluding hydrogens is 292 g/mol. The highest BCUT2D eigenvalue weighted by Gasteiger charge is 2.34. The molecule has 2 aliphatic rings. The van der Waals surface area contributed by atoms with E-state index in [4.69, 9.17) is 4.84 Å². The van der Waals surface area contributed by atoms with Crippen molar-refractivity contribution in [2.45, 2.75) is 25.5 Å². The van der Waals surface area contributed by atoms with Crippen LogP contribution in [0.1, 0.15) is 18.4 Å². The van der Waals surface area contributed by atoms with Crippen molar-refractivity contribution in [1.82, 2.24) is 4.90 Å². The molecule has 0 aromatic heterocycles. The summed E-state index contributed by atoms with van der Waals surface area (Å²) in [7, 11) is 0. The molecule has 0 spiro atoms. The molecular formula is C14H17BrN2O. The summed E-state index contributed by atoms with van der Waals surface area (Å²) >= 11 is 3.41. The number of nitrogens with zero attached hydrogens (tertiary/aromatic N) is 2. The fourth-order valence-electron chi connectivity index (χ4n) is 2.77. The summed E-state index contributed by atoms with van der Waals surface area (Å²) in [5.41, 5.74) is 1.39. The summed E-state index contributed by atoms with van der Waals surface area (Å²) in [4.78, 5) is 7.97. The predicted molar refractivity (Wildman–Crippen MR) is 75.7 cm³/mol. The first-order valence-corrected chi connectivity index (χ1v) is 7.25. The van der Waals surface area contributed by atoms with E-state index in [1.54, 1.807) is 0 Å². The van der Waals surface area contributed by atoms with Crippen molar-refractivity contribution in [3.63, 3.8) is 0 Å². The van der Waals surface area contributed by atoms with Gasteiger partial charge in [-0.1, -0.05) is 35.5 Å². The predicted octanol–water partition coefficient (Wildman–Crippen LogP) is 3.01. The first-order valence-electron chi connectivity index (χ1n) is 6.46. The van der Waals surface area contributed by atoms with Gasteiger partial charge in [0, 0.05) is 25.4 Å². The zero-order valence-corrected chi connectivity index (χ0v) is 11.8. The monoisotopic (exact) mass is 308 g/mol. The highest BCUT2D eigenvalue weighted by atomic mass is 79.9. The maximum Gasteiger partial charge on any atom is 0.137 e. The lowest BCUT2D eigenvalue weighted by Crippen LogP contribution is -2.25. The molecule has 0 saturated carbocycles. The standard InChI is InChI=1S/C14H17BrN2O/c15-14-8-13(18-16-14)12-6-7-17(10-12)9-11-4-2-1-3-5-11/h1-5,12-13H,6-10H2/t12-,13+/m1/s1. The Kier molecular flexibility index (Phi) is 3.66. The van der Waals surface area contributed by atoms with Crippen LogP contribution in [-0.2, 0) is 11.4 Å². The van der Waals surface area contributed by atoms with Crippen LogP contribution in [0.4, 0.5) is 0 Å². The van der Waals surface area contributed by atoms with Crippen molar-refractivity contribution in [2.24, 2.45) is 11.1 Å². The van der Waals surface area contributed by atoms with Gasteiger partial charge in [0.05, 0.1) is 0 Å². The summed E-state index contributed by atoms with van der Waals surface area (Å²) in [6.45, 7) is 3.33. The molecule has 0 bridgehead atoms. The molecule has 2 heterocycles. The highest BCUT2D eigenvalue weighted by molar-refractivity contribution is 9.18. The zero-order valence-electron chi connectivity index (χ0n) is 10.3. The summed E-state index contributed by atoms with van der Waals surface area (Å²) in [5.74, 6) is 0.618. The van der Waals surface area contributed by atoms with E-state index in [9.17, 15) is 0 Å². The van der Waals surface area contributed by atoms with Crippen molar-refractivity contribution in [1.29, 1.82) is 0 Å². The lowest BCUT2D eigenvalue weighted by molar-refractivity contribution is 0.0428. The summed E-state index contributed by atoms with van der Waals surface area (Å²) < 4.78 is 0.953. The van der Waals surface area contributed by atoms with E-state index < -0.39 is 0 Å². The second-order valence-electron chi connectivity index (χ2n) is 5.09. The van der Waals surface area contributed by atoms with Gasteiger partial charge in [0.1, 0.15) is 10.7 Å². The van der Waals surface area contributed by atoms with Crippen molar-refractivity contribution in [3.8, 4) is 0 Å². The molecule has 1 aromatic carbocycles. The Morgan fingerprint density at radius 2 is 2.17 bits per heavy atom. The molecule has 18 heavy (non-hydrogen) atoms. The Balaban J connectivity index is 1.53. The van der Waals surface area contributed by atoms with E-state index in [0.29, 0.717) is 5.92 Å². The van der Waals surface area contributed by atoms with Crippen LogP contribution >= 0.6 is 15.9 Å². The maximum atomic E-state index is 5.46. The number of hydrogen-bond acceptors (Lipinski definition) is 3. The minimum Gasteiger partial charge on any atom is -0.391 e. The van der Waals surface area contributed by atoms with Gasteiger partial charge < -0.3 is 4.84 Å². The normalized spacial score (nSPS) is 28.2. The number of rotatable bonds is 3. The largest absolute Gasteiger partial charge is 0.391 e. The number of halogens is 1. The Labute approximate surface area is 116 Å². The summed E-state index contributed by atoms with van der Waals surface area (Å²) in [5, 5.41) is 3.99. The van der Waals surface area contributed by atoms with Gasteiger partial charge in [-0.25, -0.2) is 0 Å². The molecule has 3 nitrogen and oxygen atoms in total. The molecule has 2 atom stereocenters. The van der Waals surface area contributed by atoms with E-state index in [0.717, 1.165) is 30.7 Å². The first kappa shape index (κ1) is 12.2. The molecule has 4 heteroatoms. The van der Waals surface area contributed by atoms with E-state index in [1.165, 1.54) is 12.0 Å². The molecule has 3 rings (SSSR count). The fourth-order valence-corrected chi connectivity index (χ4v) is 3.17. The van der Waals surface area contributed by atoms with Crippen molar-refractivity contribution < 1.29 is 4.84 Å². The number of benzene rings is 1. The molecule has 1 saturated heterocycles. The quantitative estimate of drug-likeness (QED) is 0.857. The maximum absolute atomic E-state index is 5.46. The van der Waals surface area contributed by atoms with E-state index in [2.05, 4.69) is 56.3 Å². The third kappa shape index (κ3) is 2.75. The average Bonchev–Trinajstić information content (AvgIpc) is 2.99. The van der Waals surface area contributed by atoms with Crippen LogP contribution in [0.25, 0.3) is 0 Å². The third-order valence-corrected chi connectivity index (χ3v) is 4.21. The van der Waals surface area contributed by atoms with Crippen LogP contribution in [0.2, 0.25) is 0 Å². The van der Waals surface area contributed by atoms with Crippen molar-refractivity contribution >= 4 is 20.6 Å². The smallest absolute Gasteiger partial charge is 0.137 e. The molecule has 0 N–H and O–H groups in total. The Bertz CT molecular complexity index is 435. The van der Waals surface area contributed by atoms with Crippen LogP contribution in [-0.4, -0.2) is 28.7 Å². The van der Waals surface area contributed by atoms with E-state index in [-0.39, 0.29) is 6.10 Å². The van der Waals surface area contributed by atoms with Crippen LogP contribution in [0.3, 0.4) is 0 Å². The molecule has 2 aliphatic heterocycles. The van der Waals surface area contributed by atoms with Crippen LogP contribution in [0.15, 0.2) is 35.5 Å². The van der Waals surface area contributed by atoms with Gasteiger partial charge in [-0.2, -0.15) is 0 Å². The summed E-state index contributed by atoms with van der Waals surface area (Å²) in [6, 6.07) is 10.7. The Morgan fingerprint density at radius 1 is 1.33 bits per heavy atom. The molecule has 1 aromatic rings. The van der Waals surface area contributed by atoms with Gasteiger partial charge in [0.15, 0.2) is 0 Å². The second-order valence-corrected chi connectivity index (χ2v) is 6.00.